The molecular formula is C15H18F3N3. The van der Waals surface area contributed by atoms with Gasteiger partial charge in [-0.2, -0.15) is 18.3 Å². The molecule has 0 spiro atoms. The van der Waals surface area contributed by atoms with E-state index in [9.17, 15) is 13.2 Å². The van der Waals surface area contributed by atoms with Gasteiger partial charge in [-0.3, -0.25) is 4.68 Å². The predicted molar refractivity (Wildman–Crippen MR) is 76.2 cm³/mol. The topological polar surface area (TPSA) is 29.9 Å². The second kappa shape index (κ2) is 5.42. The van der Waals surface area contributed by atoms with Crippen LogP contribution in [0.1, 0.15) is 35.5 Å². The van der Waals surface area contributed by atoms with E-state index in [1.165, 1.54) is 12.1 Å². The summed E-state index contributed by atoms with van der Waals surface area (Å²) in [7, 11) is 1.86. The van der Waals surface area contributed by atoms with Crippen LogP contribution in [-0.2, 0) is 13.2 Å². The van der Waals surface area contributed by atoms with Gasteiger partial charge in [0.2, 0.25) is 0 Å². The number of alkyl halides is 3. The van der Waals surface area contributed by atoms with Gasteiger partial charge >= 0.3 is 6.18 Å². The summed E-state index contributed by atoms with van der Waals surface area (Å²) in [5, 5.41) is 7.62. The van der Waals surface area contributed by atoms with Crippen molar-refractivity contribution in [1.82, 2.24) is 9.78 Å². The molecule has 1 unspecified atom stereocenters. The number of halogens is 3. The first-order chi connectivity index (χ1) is 9.70. The SMILES string of the molecule is Cc1nn(C)c(C)c1NC(C)c1ccc(C(F)(F)F)cc1. The van der Waals surface area contributed by atoms with E-state index in [0.717, 1.165) is 34.8 Å². The van der Waals surface area contributed by atoms with Crippen molar-refractivity contribution in [3.63, 3.8) is 0 Å². The van der Waals surface area contributed by atoms with E-state index in [1.54, 1.807) is 4.68 Å². The summed E-state index contributed by atoms with van der Waals surface area (Å²) in [5.41, 5.74) is 2.95. The molecule has 2 aromatic rings. The lowest BCUT2D eigenvalue weighted by Gasteiger charge is -2.17. The zero-order valence-corrected chi connectivity index (χ0v) is 12.4. The van der Waals surface area contributed by atoms with Crippen LogP contribution in [0.4, 0.5) is 18.9 Å². The Hall–Kier alpha value is -1.98. The molecular weight excluding hydrogens is 279 g/mol. The smallest absolute Gasteiger partial charge is 0.376 e. The molecule has 0 aliphatic heterocycles. The van der Waals surface area contributed by atoms with Crippen LogP contribution in [-0.4, -0.2) is 9.78 Å². The molecule has 1 N–H and O–H groups in total. The van der Waals surface area contributed by atoms with Crippen molar-refractivity contribution in [2.24, 2.45) is 7.05 Å². The highest BCUT2D eigenvalue weighted by molar-refractivity contribution is 5.53. The van der Waals surface area contributed by atoms with Crippen LogP contribution in [0.3, 0.4) is 0 Å². The van der Waals surface area contributed by atoms with Crippen LogP contribution >= 0.6 is 0 Å². The number of anilines is 1. The van der Waals surface area contributed by atoms with E-state index >= 15 is 0 Å². The summed E-state index contributed by atoms with van der Waals surface area (Å²) in [6.45, 7) is 5.76. The number of aromatic nitrogens is 2. The number of aryl methyl sites for hydroxylation is 2. The fourth-order valence-corrected chi connectivity index (χ4v) is 2.24. The molecule has 1 atom stereocenters. The number of nitrogens with zero attached hydrogens (tertiary/aromatic N) is 2. The number of hydrogen-bond acceptors (Lipinski definition) is 2. The molecule has 0 aliphatic rings. The van der Waals surface area contributed by atoms with Crippen molar-refractivity contribution in [2.75, 3.05) is 5.32 Å². The van der Waals surface area contributed by atoms with Gasteiger partial charge < -0.3 is 5.32 Å². The largest absolute Gasteiger partial charge is 0.416 e. The van der Waals surface area contributed by atoms with Gasteiger partial charge in [0.1, 0.15) is 0 Å². The number of rotatable bonds is 3. The van der Waals surface area contributed by atoms with Gasteiger partial charge in [0.05, 0.1) is 22.6 Å². The van der Waals surface area contributed by atoms with Crippen molar-refractivity contribution in [3.8, 4) is 0 Å². The van der Waals surface area contributed by atoms with E-state index in [-0.39, 0.29) is 6.04 Å². The average molecular weight is 297 g/mol. The standard InChI is InChI=1S/C15H18F3N3/c1-9(19-14-10(2)20-21(4)11(14)3)12-5-7-13(8-6-12)15(16,17)18/h5-9,19H,1-4H3. The molecule has 0 saturated heterocycles. The molecule has 0 aliphatic carbocycles. The zero-order chi connectivity index (χ0) is 15.8. The minimum Gasteiger partial charge on any atom is -0.376 e. The second-order valence-corrected chi connectivity index (χ2v) is 5.16. The summed E-state index contributed by atoms with van der Waals surface area (Å²) >= 11 is 0. The molecule has 3 nitrogen and oxygen atoms in total. The van der Waals surface area contributed by atoms with Crippen LogP contribution in [0, 0.1) is 13.8 Å². The Morgan fingerprint density at radius 2 is 1.71 bits per heavy atom. The maximum Gasteiger partial charge on any atom is 0.416 e. The van der Waals surface area contributed by atoms with Crippen molar-refractivity contribution in [3.05, 3.63) is 46.8 Å². The predicted octanol–water partition coefficient (Wildman–Crippen LogP) is 4.23. The molecule has 2 rings (SSSR count). The first-order valence-electron chi connectivity index (χ1n) is 6.64. The maximum atomic E-state index is 12.5. The van der Waals surface area contributed by atoms with E-state index in [0.29, 0.717) is 0 Å². The Labute approximate surface area is 121 Å². The lowest BCUT2D eigenvalue weighted by molar-refractivity contribution is -0.137. The zero-order valence-electron chi connectivity index (χ0n) is 12.4. The molecule has 0 amide bonds. The van der Waals surface area contributed by atoms with E-state index in [2.05, 4.69) is 10.4 Å². The monoisotopic (exact) mass is 297 g/mol. The van der Waals surface area contributed by atoms with Crippen LogP contribution in [0.25, 0.3) is 0 Å². The molecule has 0 fully saturated rings. The first kappa shape index (κ1) is 15.4. The quantitative estimate of drug-likeness (QED) is 0.919. The van der Waals surface area contributed by atoms with E-state index in [1.807, 2.05) is 27.8 Å². The summed E-state index contributed by atoms with van der Waals surface area (Å²) in [6.07, 6.45) is -4.30. The normalized spacial score (nSPS) is 13.3. The Morgan fingerprint density at radius 1 is 1.14 bits per heavy atom. The van der Waals surface area contributed by atoms with Gasteiger partial charge in [0.25, 0.3) is 0 Å². The lowest BCUT2D eigenvalue weighted by Crippen LogP contribution is -2.09. The molecule has 0 bridgehead atoms. The summed E-state index contributed by atoms with van der Waals surface area (Å²) in [4.78, 5) is 0. The van der Waals surface area contributed by atoms with Crippen LogP contribution < -0.4 is 5.32 Å². The van der Waals surface area contributed by atoms with Crippen molar-refractivity contribution < 1.29 is 13.2 Å². The third-order valence-corrected chi connectivity index (χ3v) is 3.61. The molecule has 21 heavy (non-hydrogen) atoms. The fraction of sp³-hybridized carbons (Fsp3) is 0.400. The molecule has 1 aromatic heterocycles. The molecule has 0 saturated carbocycles. The minimum atomic E-state index is -4.30. The molecule has 1 heterocycles. The Balaban J connectivity index is 2.19. The number of hydrogen-bond donors (Lipinski definition) is 1. The third kappa shape index (κ3) is 3.20. The maximum absolute atomic E-state index is 12.5. The van der Waals surface area contributed by atoms with Gasteiger partial charge in [0.15, 0.2) is 0 Å². The summed E-state index contributed by atoms with van der Waals surface area (Å²) in [5.74, 6) is 0. The van der Waals surface area contributed by atoms with Gasteiger partial charge in [-0.05, 0) is 38.5 Å². The molecule has 114 valence electrons. The highest BCUT2D eigenvalue weighted by Gasteiger charge is 2.30. The van der Waals surface area contributed by atoms with Gasteiger partial charge in [0, 0.05) is 13.1 Å². The van der Waals surface area contributed by atoms with Gasteiger partial charge in [-0.1, -0.05) is 12.1 Å². The van der Waals surface area contributed by atoms with Crippen molar-refractivity contribution >= 4 is 5.69 Å². The first-order valence-corrected chi connectivity index (χ1v) is 6.64. The van der Waals surface area contributed by atoms with Crippen molar-refractivity contribution in [1.29, 1.82) is 0 Å². The molecule has 1 aromatic carbocycles. The highest BCUT2D eigenvalue weighted by Crippen LogP contribution is 2.31. The molecule has 0 radical (unpaired) electrons. The van der Waals surface area contributed by atoms with Crippen LogP contribution in [0.5, 0.6) is 0 Å². The Kier molecular flexibility index (Phi) is 3.98. The van der Waals surface area contributed by atoms with Crippen LogP contribution in [0.2, 0.25) is 0 Å². The third-order valence-electron chi connectivity index (χ3n) is 3.61. The van der Waals surface area contributed by atoms with Gasteiger partial charge in [-0.25, -0.2) is 0 Å². The number of nitrogens with one attached hydrogen (secondary N) is 1. The summed E-state index contributed by atoms with van der Waals surface area (Å²) < 4.78 is 39.4. The summed E-state index contributed by atoms with van der Waals surface area (Å²) in [6, 6.07) is 5.12. The molecule has 6 heteroatoms. The Morgan fingerprint density at radius 3 is 2.14 bits per heavy atom. The van der Waals surface area contributed by atoms with Gasteiger partial charge in [-0.15, -0.1) is 0 Å². The number of benzene rings is 1. The minimum absolute atomic E-state index is 0.103. The fourth-order valence-electron chi connectivity index (χ4n) is 2.24. The average Bonchev–Trinajstić information content (AvgIpc) is 2.64. The lowest BCUT2D eigenvalue weighted by atomic mass is 10.1. The second-order valence-electron chi connectivity index (χ2n) is 5.16. The van der Waals surface area contributed by atoms with E-state index in [4.69, 9.17) is 0 Å². The Bertz CT molecular complexity index is 627. The van der Waals surface area contributed by atoms with Crippen LogP contribution in [0.15, 0.2) is 24.3 Å². The van der Waals surface area contributed by atoms with E-state index < -0.39 is 11.7 Å². The highest BCUT2D eigenvalue weighted by atomic mass is 19.4. The van der Waals surface area contributed by atoms with Crippen molar-refractivity contribution in [2.45, 2.75) is 33.0 Å².